The van der Waals surface area contributed by atoms with Gasteiger partial charge in [0.1, 0.15) is 0 Å². The second kappa shape index (κ2) is 5.88. The first-order valence-corrected chi connectivity index (χ1v) is 2.06. The van der Waals surface area contributed by atoms with Gasteiger partial charge in [0.15, 0.2) is 0 Å². The van der Waals surface area contributed by atoms with E-state index >= 15 is 0 Å². The maximum atomic E-state index is 4.55. The quantitative estimate of drug-likeness (QED) is 0.493. The van der Waals surface area contributed by atoms with Crippen LogP contribution in [0.3, 0.4) is 0 Å². The van der Waals surface area contributed by atoms with E-state index < -0.39 is 0 Å². The van der Waals surface area contributed by atoms with Crippen LogP contribution in [0.15, 0.2) is 0 Å². The van der Waals surface area contributed by atoms with Gasteiger partial charge in [-0.15, -0.1) is 0 Å². The predicted molar refractivity (Wildman–Crippen MR) is 28.9 cm³/mol. The molecule has 0 saturated carbocycles. The number of hydrogen-bond acceptors (Lipinski definition) is 2. The van der Waals surface area contributed by atoms with E-state index in [4.69, 9.17) is 0 Å². The molecule has 0 radical (unpaired) electrons. The second-order valence-corrected chi connectivity index (χ2v) is 1.48. The van der Waals surface area contributed by atoms with Crippen LogP contribution in [0.2, 0.25) is 0 Å². The molecule has 0 heterocycles. The van der Waals surface area contributed by atoms with Gasteiger partial charge in [0, 0.05) is 6.04 Å². The third-order valence-corrected chi connectivity index (χ3v) is 0.354. The summed E-state index contributed by atoms with van der Waals surface area (Å²) in [6.07, 6.45) is 0. The van der Waals surface area contributed by atoms with Gasteiger partial charge in [-0.3, -0.25) is 0 Å². The van der Waals surface area contributed by atoms with Crippen molar-refractivity contribution in [1.82, 2.24) is 5.48 Å². The van der Waals surface area contributed by atoms with E-state index in [1.165, 1.54) is 0 Å². The van der Waals surface area contributed by atoms with Gasteiger partial charge in [-0.05, 0) is 13.8 Å². The molecule has 3 heteroatoms. The first-order valence-electron chi connectivity index (χ1n) is 2.06. The van der Waals surface area contributed by atoms with Crippen molar-refractivity contribution in [2.24, 2.45) is 0 Å². The van der Waals surface area contributed by atoms with Crippen molar-refractivity contribution in [3.8, 4) is 0 Å². The molecule has 0 aromatic heterocycles. The van der Waals surface area contributed by atoms with E-state index in [1.54, 1.807) is 7.11 Å². The first kappa shape index (κ1) is 9.99. The SMILES string of the molecule is CONC(C)C.O. The minimum absolute atomic E-state index is 0. The van der Waals surface area contributed by atoms with Crippen molar-refractivity contribution in [1.29, 1.82) is 0 Å². The Morgan fingerprint density at radius 3 is 1.86 bits per heavy atom. The first-order chi connectivity index (χ1) is 2.77. The highest BCUT2D eigenvalue weighted by molar-refractivity contribution is 4.36. The molecule has 0 bridgehead atoms. The van der Waals surface area contributed by atoms with Crippen LogP contribution in [-0.4, -0.2) is 18.6 Å². The van der Waals surface area contributed by atoms with E-state index in [1.807, 2.05) is 13.8 Å². The fraction of sp³-hybridized carbons (Fsp3) is 1.00. The van der Waals surface area contributed by atoms with E-state index in [9.17, 15) is 0 Å². The van der Waals surface area contributed by atoms with Crippen molar-refractivity contribution in [3.05, 3.63) is 0 Å². The Morgan fingerprint density at radius 2 is 1.86 bits per heavy atom. The topological polar surface area (TPSA) is 52.8 Å². The summed E-state index contributed by atoms with van der Waals surface area (Å²) in [5.74, 6) is 0. The van der Waals surface area contributed by atoms with E-state index in [0.717, 1.165) is 0 Å². The summed E-state index contributed by atoms with van der Waals surface area (Å²) in [5.41, 5.74) is 2.71. The number of rotatable bonds is 2. The van der Waals surface area contributed by atoms with Crippen LogP contribution in [0.5, 0.6) is 0 Å². The summed E-state index contributed by atoms with van der Waals surface area (Å²) in [6, 6.07) is 0.426. The zero-order valence-corrected chi connectivity index (χ0v) is 4.99. The van der Waals surface area contributed by atoms with E-state index in [2.05, 4.69) is 10.3 Å². The Bertz CT molecular complexity index is 30.9. The summed E-state index contributed by atoms with van der Waals surface area (Å²) in [4.78, 5) is 4.55. The maximum Gasteiger partial charge on any atom is 0.0572 e. The molecule has 0 aliphatic heterocycles. The summed E-state index contributed by atoms with van der Waals surface area (Å²) < 4.78 is 0. The van der Waals surface area contributed by atoms with Gasteiger partial charge in [-0.25, -0.2) is 5.48 Å². The highest BCUT2D eigenvalue weighted by Gasteiger charge is 1.82. The molecule has 7 heavy (non-hydrogen) atoms. The number of hydroxylamine groups is 1. The fourth-order valence-electron chi connectivity index (χ4n) is 0.236. The van der Waals surface area contributed by atoms with Crippen LogP contribution in [0.4, 0.5) is 0 Å². The molecule has 0 saturated heterocycles. The highest BCUT2D eigenvalue weighted by atomic mass is 16.6. The molecular formula is C4H13NO2. The molecule has 0 spiro atoms. The average Bonchev–Trinajstić information content (AvgIpc) is 1.35. The van der Waals surface area contributed by atoms with Crippen molar-refractivity contribution in [2.45, 2.75) is 19.9 Å². The number of nitrogens with one attached hydrogen (secondary N) is 1. The number of hydrogen-bond donors (Lipinski definition) is 1. The average molecular weight is 107 g/mol. The molecular weight excluding hydrogens is 94.0 g/mol. The van der Waals surface area contributed by atoms with Gasteiger partial charge in [0.25, 0.3) is 0 Å². The lowest BCUT2D eigenvalue weighted by atomic mass is 10.4. The molecule has 0 amide bonds. The van der Waals surface area contributed by atoms with Crippen LogP contribution in [0.1, 0.15) is 13.8 Å². The Labute approximate surface area is 43.9 Å². The summed E-state index contributed by atoms with van der Waals surface area (Å²) in [5, 5.41) is 0. The van der Waals surface area contributed by atoms with Gasteiger partial charge in [0.2, 0.25) is 0 Å². The Morgan fingerprint density at radius 1 is 1.43 bits per heavy atom. The van der Waals surface area contributed by atoms with Crippen molar-refractivity contribution < 1.29 is 10.3 Å². The van der Waals surface area contributed by atoms with E-state index in [0.29, 0.717) is 6.04 Å². The molecule has 3 nitrogen and oxygen atoms in total. The third-order valence-electron chi connectivity index (χ3n) is 0.354. The lowest BCUT2D eigenvalue weighted by Crippen LogP contribution is -2.20. The summed E-state index contributed by atoms with van der Waals surface area (Å²) >= 11 is 0. The molecule has 3 N–H and O–H groups in total. The van der Waals surface area contributed by atoms with Crippen molar-refractivity contribution >= 4 is 0 Å². The van der Waals surface area contributed by atoms with Gasteiger partial charge in [-0.1, -0.05) is 0 Å². The Hall–Kier alpha value is -0.120. The van der Waals surface area contributed by atoms with Gasteiger partial charge in [0.05, 0.1) is 7.11 Å². The zero-order chi connectivity index (χ0) is 4.99. The molecule has 0 unspecified atom stereocenters. The molecule has 0 rings (SSSR count). The predicted octanol–water partition coefficient (Wildman–Crippen LogP) is -0.279. The highest BCUT2D eigenvalue weighted by Crippen LogP contribution is 1.70. The molecule has 0 aliphatic carbocycles. The van der Waals surface area contributed by atoms with Crippen LogP contribution in [-0.2, 0) is 4.84 Å². The van der Waals surface area contributed by atoms with Crippen molar-refractivity contribution in [3.63, 3.8) is 0 Å². The van der Waals surface area contributed by atoms with Crippen LogP contribution in [0, 0.1) is 0 Å². The molecule has 0 aliphatic rings. The summed E-state index contributed by atoms with van der Waals surface area (Å²) in [7, 11) is 1.61. The molecule has 0 atom stereocenters. The van der Waals surface area contributed by atoms with Gasteiger partial charge in [-0.2, -0.15) is 0 Å². The van der Waals surface area contributed by atoms with E-state index in [-0.39, 0.29) is 5.48 Å². The lowest BCUT2D eigenvalue weighted by Gasteiger charge is -2.01. The zero-order valence-electron chi connectivity index (χ0n) is 4.99. The summed E-state index contributed by atoms with van der Waals surface area (Å²) in [6.45, 7) is 4.03. The Kier molecular flexibility index (Phi) is 8.39. The standard InChI is InChI=1S/C4H11NO.H2O/c1-4(2)5-6-3;/h4-5H,1-3H3;1H2. The molecule has 0 fully saturated rings. The minimum Gasteiger partial charge on any atom is -0.412 e. The molecule has 46 valence electrons. The van der Waals surface area contributed by atoms with Crippen LogP contribution in [0.25, 0.3) is 0 Å². The minimum atomic E-state index is 0. The van der Waals surface area contributed by atoms with Crippen LogP contribution >= 0.6 is 0 Å². The normalized spacial score (nSPS) is 8.57. The van der Waals surface area contributed by atoms with Crippen molar-refractivity contribution in [2.75, 3.05) is 7.11 Å². The smallest absolute Gasteiger partial charge is 0.0572 e. The largest absolute Gasteiger partial charge is 0.412 e. The lowest BCUT2D eigenvalue weighted by molar-refractivity contribution is 0.0711. The molecule has 0 aromatic rings. The van der Waals surface area contributed by atoms with Gasteiger partial charge >= 0.3 is 0 Å². The third kappa shape index (κ3) is 10.7. The monoisotopic (exact) mass is 107 g/mol. The maximum absolute atomic E-state index is 4.55. The fourth-order valence-corrected chi connectivity index (χ4v) is 0.236. The second-order valence-electron chi connectivity index (χ2n) is 1.48. The molecule has 0 aromatic carbocycles. The van der Waals surface area contributed by atoms with Gasteiger partial charge < -0.3 is 10.3 Å². The van der Waals surface area contributed by atoms with Crippen LogP contribution < -0.4 is 5.48 Å². The Balaban J connectivity index is 0.